The number of hydrogen-bond donors (Lipinski definition) is 0. The number of carbonyl (C=O) groups excluding carboxylic acids is 3. The van der Waals surface area contributed by atoms with Crippen molar-refractivity contribution in [1.29, 1.82) is 0 Å². The maximum Gasteiger partial charge on any atom is 0.330 e. The number of allylic oxidation sites excluding steroid dienone is 6. The van der Waals surface area contributed by atoms with Gasteiger partial charge in [-0.2, -0.15) is 0 Å². The van der Waals surface area contributed by atoms with E-state index in [1.165, 1.54) is 12.2 Å². The van der Waals surface area contributed by atoms with Crippen molar-refractivity contribution in [2.45, 2.75) is 189 Å². The number of carbonyl (C=O) groups is 3. The monoisotopic (exact) mass is 758 g/mol. The van der Waals surface area contributed by atoms with Crippen LogP contribution in [0, 0.1) is 10.8 Å². The van der Waals surface area contributed by atoms with E-state index in [0.717, 1.165) is 141 Å². The number of hydrogen-bond acceptors (Lipinski definition) is 7. The number of ether oxygens (including phenoxy) is 3. The predicted molar refractivity (Wildman–Crippen MR) is 227 cm³/mol. The average Bonchev–Trinajstić information content (AvgIpc) is 3.08. The maximum atomic E-state index is 13.2. The molecule has 0 bridgehead atoms. The summed E-state index contributed by atoms with van der Waals surface area (Å²) in [4.78, 5) is 39.2. The normalized spacial score (nSPS) is 13.2. The van der Waals surface area contributed by atoms with E-state index < -0.39 is 0 Å². The van der Waals surface area contributed by atoms with Crippen LogP contribution in [0.5, 0.6) is 0 Å². The molecule has 7 nitrogen and oxygen atoms in total. The van der Waals surface area contributed by atoms with Crippen molar-refractivity contribution in [2.24, 2.45) is 10.8 Å². The zero-order chi connectivity index (χ0) is 40.3. The zero-order valence-corrected chi connectivity index (χ0v) is 36.3. The molecule has 0 radical (unpaired) electrons. The highest BCUT2D eigenvalue weighted by Gasteiger charge is 2.32. The Morgan fingerprint density at radius 1 is 0.574 bits per heavy atom. The Bertz CT molecular complexity index is 1010. The van der Waals surface area contributed by atoms with Crippen molar-refractivity contribution in [3.8, 4) is 0 Å². The molecule has 0 amide bonds. The van der Waals surface area contributed by atoms with Crippen LogP contribution in [0.2, 0.25) is 0 Å². The molecule has 0 aliphatic heterocycles. The van der Waals surface area contributed by atoms with E-state index in [4.69, 9.17) is 14.2 Å². The first kappa shape index (κ1) is 51.3. The van der Waals surface area contributed by atoms with E-state index in [9.17, 15) is 14.4 Å². The second-order valence-corrected chi connectivity index (χ2v) is 17.0. The SMILES string of the molecule is CCCC=CCC=CC(=O)OCCCCCCCCC(CCCCCCCCOC(=O)C=CCC=CCCC)OC(=O)CC(C)(C)CC(C)(C)CN(C)C. The van der Waals surface area contributed by atoms with Crippen LogP contribution in [0.15, 0.2) is 48.6 Å². The second-order valence-electron chi connectivity index (χ2n) is 17.0. The van der Waals surface area contributed by atoms with Gasteiger partial charge in [-0.1, -0.05) is 142 Å². The van der Waals surface area contributed by atoms with Crippen LogP contribution in [-0.4, -0.2) is 62.8 Å². The number of unbranched alkanes of at least 4 members (excludes halogenated alkanes) is 12. The molecule has 0 aliphatic rings. The van der Waals surface area contributed by atoms with Crippen LogP contribution < -0.4 is 0 Å². The minimum atomic E-state index is -0.256. The molecule has 0 rings (SSSR count). The first-order valence-corrected chi connectivity index (χ1v) is 21.6. The quantitative estimate of drug-likeness (QED) is 0.0209. The van der Waals surface area contributed by atoms with E-state index >= 15 is 0 Å². The average molecular weight is 758 g/mol. The molecule has 0 aromatic carbocycles. The van der Waals surface area contributed by atoms with Crippen molar-refractivity contribution in [3.63, 3.8) is 0 Å². The summed E-state index contributed by atoms with van der Waals surface area (Å²) in [5.41, 5.74) is -0.0195. The van der Waals surface area contributed by atoms with Crippen LogP contribution in [0.1, 0.15) is 183 Å². The van der Waals surface area contributed by atoms with Gasteiger partial charge in [0.25, 0.3) is 0 Å². The lowest BCUT2D eigenvalue weighted by Gasteiger charge is -2.36. The van der Waals surface area contributed by atoms with Gasteiger partial charge in [-0.15, -0.1) is 0 Å². The Morgan fingerprint density at radius 3 is 1.43 bits per heavy atom. The van der Waals surface area contributed by atoms with Gasteiger partial charge in [0.2, 0.25) is 0 Å². The molecule has 312 valence electrons. The van der Waals surface area contributed by atoms with Gasteiger partial charge < -0.3 is 19.1 Å². The van der Waals surface area contributed by atoms with E-state index in [1.54, 1.807) is 0 Å². The zero-order valence-electron chi connectivity index (χ0n) is 36.3. The Balaban J connectivity index is 4.57. The molecule has 54 heavy (non-hydrogen) atoms. The predicted octanol–water partition coefficient (Wildman–Crippen LogP) is 12.4. The molecule has 0 saturated heterocycles. The molecular weight excluding hydrogens is 675 g/mol. The molecule has 0 saturated carbocycles. The Labute approximate surface area is 332 Å². The number of nitrogens with zero attached hydrogens (tertiary/aromatic N) is 1. The molecule has 0 heterocycles. The van der Waals surface area contributed by atoms with Gasteiger partial charge in [0.1, 0.15) is 6.10 Å². The minimum Gasteiger partial charge on any atom is -0.463 e. The van der Waals surface area contributed by atoms with E-state index in [1.807, 2.05) is 12.2 Å². The minimum absolute atomic E-state index is 0.0349. The first-order valence-electron chi connectivity index (χ1n) is 21.6. The van der Waals surface area contributed by atoms with Crippen molar-refractivity contribution in [1.82, 2.24) is 4.90 Å². The molecule has 0 atom stereocenters. The Morgan fingerprint density at radius 2 is 1.00 bits per heavy atom. The van der Waals surface area contributed by atoms with Gasteiger partial charge in [0.05, 0.1) is 19.6 Å². The third-order valence-electron chi connectivity index (χ3n) is 9.25. The number of esters is 3. The second kappa shape index (κ2) is 33.6. The Kier molecular flexibility index (Phi) is 32.0. The molecule has 0 spiro atoms. The fourth-order valence-corrected chi connectivity index (χ4v) is 7.20. The van der Waals surface area contributed by atoms with Gasteiger partial charge in [-0.3, -0.25) is 4.79 Å². The van der Waals surface area contributed by atoms with E-state index in [2.05, 4.69) is 84.8 Å². The van der Waals surface area contributed by atoms with Crippen molar-refractivity contribution >= 4 is 17.9 Å². The maximum absolute atomic E-state index is 13.2. The summed E-state index contributed by atoms with van der Waals surface area (Å²) >= 11 is 0. The van der Waals surface area contributed by atoms with Gasteiger partial charge >= 0.3 is 17.9 Å². The standard InChI is InChI=1S/C47H83NO6/c1-9-11-13-15-23-29-35-43(49)52-37-31-25-19-17-21-27-33-42(54-45(51)39-46(3,4)40-47(5,6)41-48(7)8)34-28-22-18-20-26-32-38-53-44(50)36-30-24-16-14-12-10-2/h13-16,29-30,35-36,42H,9-12,17-28,31-34,37-41H2,1-8H3. The van der Waals surface area contributed by atoms with Crippen LogP contribution in [0.25, 0.3) is 0 Å². The summed E-state index contributed by atoms with van der Waals surface area (Å²) in [7, 11) is 4.20. The Hall–Kier alpha value is -2.67. The van der Waals surface area contributed by atoms with Gasteiger partial charge in [0, 0.05) is 18.7 Å². The van der Waals surface area contributed by atoms with Crippen LogP contribution in [0.3, 0.4) is 0 Å². The summed E-state index contributed by atoms with van der Waals surface area (Å²) in [6.07, 6.45) is 37.0. The largest absolute Gasteiger partial charge is 0.463 e. The fraction of sp³-hybridized carbons (Fsp3) is 0.766. The third kappa shape index (κ3) is 35.1. The molecule has 0 aliphatic carbocycles. The van der Waals surface area contributed by atoms with Crippen LogP contribution >= 0.6 is 0 Å². The molecular formula is C47H83NO6. The highest BCUT2D eigenvalue weighted by Crippen LogP contribution is 2.37. The van der Waals surface area contributed by atoms with Gasteiger partial charge in [-0.05, 0) is 95.6 Å². The van der Waals surface area contributed by atoms with Crippen LogP contribution in [0.4, 0.5) is 0 Å². The molecule has 0 N–H and O–H groups in total. The van der Waals surface area contributed by atoms with Gasteiger partial charge in [-0.25, -0.2) is 9.59 Å². The van der Waals surface area contributed by atoms with Gasteiger partial charge in [0.15, 0.2) is 0 Å². The summed E-state index contributed by atoms with van der Waals surface area (Å²) in [6.45, 7) is 15.2. The third-order valence-corrected chi connectivity index (χ3v) is 9.25. The molecule has 0 aromatic heterocycles. The number of rotatable bonds is 35. The topological polar surface area (TPSA) is 82.1 Å². The smallest absolute Gasteiger partial charge is 0.330 e. The lowest BCUT2D eigenvalue weighted by molar-refractivity contribution is -0.152. The van der Waals surface area contributed by atoms with Crippen molar-refractivity contribution in [3.05, 3.63) is 48.6 Å². The molecule has 0 unspecified atom stereocenters. The molecule has 0 fully saturated rings. The van der Waals surface area contributed by atoms with Crippen molar-refractivity contribution in [2.75, 3.05) is 33.9 Å². The van der Waals surface area contributed by atoms with E-state index in [-0.39, 0.29) is 34.8 Å². The summed E-state index contributed by atoms with van der Waals surface area (Å²) in [6, 6.07) is 0. The fourth-order valence-electron chi connectivity index (χ4n) is 7.20. The molecule has 7 heteroatoms. The summed E-state index contributed by atoms with van der Waals surface area (Å²) in [5.74, 6) is -0.582. The molecule has 0 aromatic rings. The van der Waals surface area contributed by atoms with E-state index in [0.29, 0.717) is 19.6 Å². The van der Waals surface area contributed by atoms with Crippen molar-refractivity contribution < 1.29 is 28.6 Å². The highest BCUT2D eigenvalue weighted by atomic mass is 16.5. The van der Waals surface area contributed by atoms with Crippen LogP contribution in [-0.2, 0) is 28.6 Å². The first-order chi connectivity index (χ1) is 25.8. The highest BCUT2D eigenvalue weighted by molar-refractivity contribution is 5.82. The summed E-state index contributed by atoms with van der Waals surface area (Å²) in [5, 5.41) is 0. The summed E-state index contributed by atoms with van der Waals surface area (Å²) < 4.78 is 16.9. The lowest BCUT2D eigenvalue weighted by Crippen LogP contribution is -2.34. The lowest BCUT2D eigenvalue weighted by atomic mass is 9.73.